The third-order valence-electron chi connectivity index (χ3n) is 4.52. The molecule has 2 aromatic carbocycles. The summed E-state index contributed by atoms with van der Waals surface area (Å²) >= 11 is 1.29. The van der Waals surface area contributed by atoms with E-state index in [9.17, 15) is 9.18 Å². The fourth-order valence-corrected chi connectivity index (χ4v) is 3.64. The molecule has 0 bridgehead atoms. The number of aryl methyl sites for hydroxylation is 1. The van der Waals surface area contributed by atoms with Gasteiger partial charge in [-0.1, -0.05) is 49.4 Å². The SMILES string of the molecule is CCCCc1ccc(-n2nnnc2SCC(=O)N(C)Cc2ccc(F)cc2)cc1. The van der Waals surface area contributed by atoms with Crippen molar-refractivity contribution >= 4 is 17.7 Å². The van der Waals surface area contributed by atoms with Crippen LogP contribution in [0.3, 0.4) is 0 Å². The molecule has 1 amide bonds. The Morgan fingerprint density at radius 3 is 2.48 bits per heavy atom. The Morgan fingerprint density at radius 1 is 1.10 bits per heavy atom. The maximum absolute atomic E-state index is 13.0. The first-order valence-corrected chi connectivity index (χ1v) is 10.5. The second-order valence-electron chi connectivity index (χ2n) is 6.81. The summed E-state index contributed by atoms with van der Waals surface area (Å²) in [4.78, 5) is 14.1. The van der Waals surface area contributed by atoms with E-state index < -0.39 is 0 Å². The quantitative estimate of drug-likeness (QED) is 0.498. The Kier molecular flexibility index (Phi) is 7.35. The van der Waals surface area contributed by atoms with Crippen LogP contribution in [0.5, 0.6) is 0 Å². The van der Waals surface area contributed by atoms with Crippen LogP contribution in [0.1, 0.15) is 30.9 Å². The van der Waals surface area contributed by atoms with Crippen molar-refractivity contribution in [3.8, 4) is 5.69 Å². The first-order chi connectivity index (χ1) is 14.1. The molecule has 152 valence electrons. The minimum atomic E-state index is -0.288. The van der Waals surface area contributed by atoms with Gasteiger partial charge in [-0.25, -0.2) is 4.39 Å². The molecular formula is C21H24FN5OS. The van der Waals surface area contributed by atoms with Gasteiger partial charge in [0.1, 0.15) is 5.82 Å². The Morgan fingerprint density at radius 2 is 1.79 bits per heavy atom. The topological polar surface area (TPSA) is 63.9 Å². The van der Waals surface area contributed by atoms with Gasteiger partial charge >= 0.3 is 0 Å². The number of amides is 1. The zero-order valence-electron chi connectivity index (χ0n) is 16.6. The number of hydrogen-bond acceptors (Lipinski definition) is 5. The van der Waals surface area contributed by atoms with Crippen molar-refractivity contribution in [3.05, 3.63) is 65.5 Å². The highest BCUT2D eigenvalue weighted by Gasteiger charge is 2.14. The number of unbranched alkanes of at least 4 members (excludes halogenated alkanes) is 1. The van der Waals surface area contributed by atoms with Crippen molar-refractivity contribution in [2.24, 2.45) is 0 Å². The van der Waals surface area contributed by atoms with E-state index in [1.54, 1.807) is 28.8 Å². The van der Waals surface area contributed by atoms with Crippen LogP contribution in [0.25, 0.3) is 5.69 Å². The average molecular weight is 414 g/mol. The van der Waals surface area contributed by atoms with Gasteiger partial charge < -0.3 is 4.90 Å². The van der Waals surface area contributed by atoms with E-state index in [-0.39, 0.29) is 17.5 Å². The number of carbonyl (C=O) groups is 1. The standard InChI is InChI=1S/C21H24FN5OS/c1-3-4-5-16-8-12-19(13-9-16)27-21(23-24-25-27)29-15-20(28)26(2)14-17-6-10-18(22)11-7-17/h6-13H,3-5,14-15H2,1-2H3. The number of aromatic nitrogens is 4. The van der Waals surface area contributed by atoms with Crippen molar-refractivity contribution in [1.82, 2.24) is 25.1 Å². The molecule has 29 heavy (non-hydrogen) atoms. The number of hydrogen-bond donors (Lipinski definition) is 0. The van der Waals surface area contributed by atoms with Crippen LogP contribution >= 0.6 is 11.8 Å². The predicted octanol–water partition coefficient (Wildman–Crippen LogP) is 3.89. The van der Waals surface area contributed by atoms with E-state index in [4.69, 9.17) is 0 Å². The zero-order chi connectivity index (χ0) is 20.6. The molecule has 0 saturated heterocycles. The maximum atomic E-state index is 13.0. The van der Waals surface area contributed by atoms with Crippen molar-refractivity contribution in [3.63, 3.8) is 0 Å². The van der Waals surface area contributed by atoms with Crippen LogP contribution in [0, 0.1) is 5.82 Å². The Hall–Kier alpha value is -2.74. The Labute approximate surface area is 174 Å². The van der Waals surface area contributed by atoms with Gasteiger partial charge in [0.05, 0.1) is 11.4 Å². The zero-order valence-corrected chi connectivity index (χ0v) is 17.4. The van der Waals surface area contributed by atoms with E-state index in [2.05, 4.69) is 34.6 Å². The summed E-state index contributed by atoms with van der Waals surface area (Å²) in [6.07, 6.45) is 3.39. The molecule has 0 aliphatic rings. The molecule has 8 heteroatoms. The maximum Gasteiger partial charge on any atom is 0.233 e. The second kappa shape index (κ2) is 10.2. The van der Waals surface area contributed by atoms with E-state index in [1.807, 2.05) is 12.1 Å². The predicted molar refractivity (Wildman–Crippen MR) is 111 cm³/mol. The fraction of sp³-hybridized carbons (Fsp3) is 0.333. The number of carbonyl (C=O) groups excluding carboxylic acids is 1. The van der Waals surface area contributed by atoms with Crippen LogP contribution in [0.15, 0.2) is 53.7 Å². The lowest BCUT2D eigenvalue weighted by Gasteiger charge is -2.17. The molecule has 0 saturated carbocycles. The van der Waals surface area contributed by atoms with Gasteiger partial charge in [0, 0.05) is 13.6 Å². The first-order valence-electron chi connectivity index (χ1n) is 9.55. The smallest absolute Gasteiger partial charge is 0.233 e. The number of tetrazole rings is 1. The molecule has 3 rings (SSSR count). The molecule has 6 nitrogen and oxygen atoms in total. The number of thioether (sulfide) groups is 1. The van der Waals surface area contributed by atoms with Gasteiger partial charge in [0.2, 0.25) is 11.1 Å². The Bertz CT molecular complexity index is 927. The van der Waals surface area contributed by atoms with E-state index in [0.717, 1.165) is 17.7 Å². The number of halogens is 1. The summed E-state index contributed by atoms with van der Waals surface area (Å²) in [6.45, 7) is 2.60. The van der Waals surface area contributed by atoms with Crippen molar-refractivity contribution in [1.29, 1.82) is 0 Å². The summed E-state index contributed by atoms with van der Waals surface area (Å²) in [5.74, 6) is -0.126. The lowest BCUT2D eigenvalue weighted by Crippen LogP contribution is -2.27. The van der Waals surface area contributed by atoms with Gasteiger partial charge in [0.25, 0.3) is 0 Å². The lowest BCUT2D eigenvalue weighted by molar-refractivity contribution is -0.127. The second-order valence-corrected chi connectivity index (χ2v) is 7.75. The van der Waals surface area contributed by atoms with E-state index in [1.165, 1.54) is 42.3 Å². The molecule has 0 fully saturated rings. The summed E-state index contributed by atoms with van der Waals surface area (Å²) in [7, 11) is 1.73. The monoisotopic (exact) mass is 413 g/mol. The molecule has 0 spiro atoms. The van der Waals surface area contributed by atoms with E-state index in [0.29, 0.717) is 11.7 Å². The fourth-order valence-electron chi connectivity index (χ4n) is 2.80. The highest BCUT2D eigenvalue weighted by Crippen LogP contribution is 2.19. The number of nitrogens with zero attached hydrogens (tertiary/aromatic N) is 5. The van der Waals surface area contributed by atoms with Crippen LogP contribution in [-0.4, -0.2) is 43.8 Å². The van der Waals surface area contributed by atoms with Crippen LogP contribution in [-0.2, 0) is 17.8 Å². The van der Waals surface area contributed by atoms with Crippen molar-refractivity contribution in [2.45, 2.75) is 37.9 Å². The molecule has 1 heterocycles. The molecule has 0 aliphatic heterocycles. The summed E-state index contributed by atoms with van der Waals surface area (Å²) < 4.78 is 14.7. The van der Waals surface area contributed by atoms with Gasteiger partial charge in [0.15, 0.2) is 0 Å². The van der Waals surface area contributed by atoms with Gasteiger partial charge in [-0.05, 0) is 58.7 Å². The van der Waals surface area contributed by atoms with Crippen LogP contribution < -0.4 is 0 Å². The Balaban J connectivity index is 1.58. The third kappa shape index (κ3) is 5.87. The number of rotatable bonds is 9. The molecule has 3 aromatic rings. The third-order valence-corrected chi connectivity index (χ3v) is 5.43. The summed E-state index contributed by atoms with van der Waals surface area (Å²) in [5.41, 5.74) is 3.03. The minimum absolute atomic E-state index is 0.0520. The average Bonchev–Trinajstić information content (AvgIpc) is 3.21. The summed E-state index contributed by atoms with van der Waals surface area (Å²) in [6, 6.07) is 14.3. The molecule has 0 unspecified atom stereocenters. The highest BCUT2D eigenvalue weighted by molar-refractivity contribution is 7.99. The normalized spacial score (nSPS) is 10.9. The molecule has 0 N–H and O–H groups in total. The molecule has 0 radical (unpaired) electrons. The van der Waals surface area contributed by atoms with Gasteiger partial charge in [-0.15, -0.1) is 5.10 Å². The highest BCUT2D eigenvalue weighted by atomic mass is 32.2. The van der Waals surface area contributed by atoms with E-state index >= 15 is 0 Å². The van der Waals surface area contributed by atoms with Crippen LogP contribution in [0.4, 0.5) is 4.39 Å². The number of benzene rings is 2. The van der Waals surface area contributed by atoms with Crippen molar-refractivity contribution in [2.75, 3.05) is 12.8 Å². The molecule has 0 aliphatic carbocycles. The minimum Gasteiger partial charge on any atom is -0.341 e. The molecule has 1 aromatic heterocycles. The molecule has 0 atom stereocenters. The van der Waals surface area contributed by atoms with Crippen LogP contribution in [0.2, 0.25) is 0 Å². The van der Waals surface area contributed by atoms with Crippen molar-refractivity contribution < 1.29 is 9.18 Å². The van der Waals surface area contributed by atoms with Gasteiger partial charge in [-0.2, -0.15) is 4.68 Å². The molecular weight excluding hydrogens is 389 g/mol. The first kappa shape index (κ1) is 21.0. The lowest BCUT2D eigenvalue weighted by atomic mass is 10.1. The van der Waals surface area contributed by atoms with Gasteiger partial charge in [-0.3, -0.25) is 4.79 Å². The summed E-state index contributed by atoms with van der Waals surface area (Å²) in [5, 5.41) is 12.4. The largest absolute Gasteiger partial charge is 0.341 e.